The molecule has 0 amide bonds. The molecular weight excluding hydrogens is 280 g/mol. The second-order valence-corrected chi connectivity index (χ2v) is 6.85. The van der Waals surface area contributed by atoms with E-state index in [0.29, 0.717) is 5.92 Å². The van der Waals surface area contributed by atoms with Crippen LogP contribution in [0, 0.1) is 12.8 Å². The molecule has 2 rings (SSSR count). The van der Waals surface area contributed by atoms with E-state index in [1.54, 1.807) is 6.33 Å². The zero-order chi connectivity index (χ0) is 15.2. The van der Waals surface area contributed by atoms with Gasteiger partial charge < -0.3 is 5.73 Å². The molecule has 2 N–H and O–H groups in total. The fourth-order valence-electron chi connectivity index (χ4n) is 2.15. The van der Waals surface area contributed by atoms with Crippen molar-refractivity contribution in [3.05, 3.63) is 42.0 Å². The summed E-state index contributed by atoms with van der Waals surface area (Å²) in [7, 11) is 0. The third kappa shape index (κ3) is 4.86. The van der Waals surface area contributed by atoms with Crippen LogP contribution in [0.4, 0.5) is 0 Å². The molecule has 0 aliphatic carbocycles. The lowest BCUT2D eigenvalue weighted by atomic mass is 10.2. The predicted octanol–water partition coefficient (Wildman–Crippen LogP) is 2.90. The summed E-state index contributed by atoms with van der Waals surface area (Å²) in [6.07, 6.45) is 2.39. The van der Waals surface area contributed by atoms with Gasteiger partial charge >= 0.3 is 0 Å². The maximum atomic E-state index is 6.26. The quantitative estimate of drug-likeness (QED) is 0.799. The molecule has 21 heavy (non-hydrogen) atoms. The Balaban J connectivity index is 1.89. The molecule has 0 bridgehead atoms. The number of nitrogens with zero attached hydrogens (tertiary/aromatic N) is 3. The molecule has 1 aromatic carbocycles. The van der Waals surface area contributed by atoms with Gasteiger partial charge in [0.1, 0.15) is 12.2 Å². The minimum Gasteiger partial charge on any atom is -0.327 e. The monoisotopic (exact) mass is 304 g/mol. The summed E-state index contributed by atoms with van der Waals surface area (Å²) in [4.78, 5) is 5.65. The Hall–Kier alpha value is -1.33. The summed E-state index contributed by atoms with van der Waals surface area (Å²) in [5, 5.41) is 4.29. The van der Waals surface area contributed by atoms with Crippen LogP contribution in [0.3, 0.4) is 0 Å². The van der Waals surface area contributed by atoms with Crippen LogP contribution in [0.5, 0.6) is 0 Å². The predicted molar refractivity (Wildman–Crippen MR) is 88.4 cm³/mol. The summed E-state index contributed by atoms with van der Waals surface area (Å²) < 4.78 is 1.98. The van der Waals surface area contributed by atoms with Crippen LogP contribution in [-0.2, 0) is 13.0 Å². The zero-order valence-electron chi connectivity index (χ0n) is 13.0. The SMILES string of the molecule is Cc1ccccc1SCC(N)Cc1ncnn1CC(C)C. The molecular formula is C16H24N4S. The van der Waals surface area contributed by atoms with Crippen molar-refractivity contribution in [2.75, 3.05) is 5.75 Å². The van der Waals surface area contributed by atoms with E-state index in [2.05, 4.69) is 55.1 Å². The maximum Gasteiger partial charge on any atom is 0.138 e. The third-order valence-corrected chi connectivity index (χ3v) is 4.59. The summed E-state index contributed by atoms with van der Waals surface area (Å²) >= 11 is 1.81. The van der Waals surface area contributed by atoms with Crippen molar-refractivity contribution in [3.8, 4) is 0 Å². The minimum absolute atomic E-state index is 0.0877. The summed E-state index contributed by atoms with van der Waals surface area (Å²) in [5.41, 5.74) is 7.56. The Labute approximate surface area is 131 Å². The Kier molecular flexibility index (Phi) is 5.82. The summed E-state index contributed by atoms with van der Waals surface area (Å²) in [6, 6.07) is 8.50. The molecule has 2 aromatic rings. The molecule has 0 aliphatic heterocycles. The fourth-order valence-corrected chi connectivity index (χ4v) is 3.14. The lowest BCUT2D eigenvalue weighted by molar-refractivity contribution is 0.461. The van der Waals surface area contributed by atoms with E-state index < -0.39 is 0 Å². The molecule has 0 spiro atoms. The minimum atomic E-state index is 0.0877. The van der Waals surface area contributed by atoms with Crippen LogP contribution in [0.2, 0.25) is 0 Å². The lowest BCUT2D eigenvalue weighted by Crippen LogP contribution is -2.27. The van der Waals surface area contributed by atoms with Crippen LogP contribution < -0.4 is 5.73 Å². The highest BCUT2D eigenvalue weighted by Crippen LogP contribution is 2.22. The molecule has 0 radical (unpaired) electrons. The zero-order valence-corrected chi connectivity index (χ0v) is 13.8. The van der Waals surface area contributed by atoms with Gasteiger partial charge in [-0.2, -0.15) is 5.10 Å². The van der Waals surface area contributed by atoms with E-state index in [9.17, 15) is 0 Å². The highest BCUT2D eigenvalue weighted by molar-refractivity contribution is 7.99. The Bertz CT molecular complexity index is 565. The van der Waals surface area contributed by atoms with Crippen LogP contribution >= 0.6 is 11.8 Å². The van der Waals surface area contributed by atoms with Crippen molar-refractivity contribution in [3.63, 3.8) is 0 Å². The van der Waals surface area contributed by atoms with Crippen molar-refractivity contribution in [2.24, 2.45) is 11.7 Å². The van der Waals surface area contributed by atoms with Crippen LogP contribution in [-0.4, -0.2) is 26.6 Å². The topological polar surface area (TPSA) is 56.7 Å². The first-order valence-electron chi connectivity index (χ1n) is 7.37. The highest BCUT2D eigenvalue weighted by Gasteiger charge is 2.12. The third-order valence-electron chi connectivity index (χ3n) is 3.23. The van der Waals surface area contributed by atoms with Gasteiger partial charge in [-0.1, -0.05) is 32.0 Å². The van der Waals surface area contributed by atoms with Gasteiger partial charge in [0.2, 0.25) is 0 Å². The number of aromatic nitrogens is 3. The average molecular weight is 304 g/mol. The molecule has 0 aliphatic rings. The molecule has 1 atom stereocenters. The van der Waals surface area contributed by atoms with E-state index >= 15 is 0 Å². The second-order valence-electron chi connectivity index (χ2n) is 5.79. The first-order chi connectivity index (χ1) is 10.1. The molecule has 1 aromatic heterocycles. The Morgan fingerprint density at radius 1 is 1.29 bits per heavy atom. The van der Waals surface area contributed by atoms with Crippen LogP contribution in [0.15, 0.2) is 35.5 Å². The lowest BCUT2D eigenvalue weighted by Gasteiger charge is -2.13. The fraction of sp³-hybridized carbons (Fsp3) is 0.500. The number of thioether (sulfide) groups is 1. The van der Waals surface area contributed by atoms with Crippen molar-refractivity contribution >= 4 is 11.8 Å². The largest absolute Gasteiger partial charge is 0.327 e. The number of nitrogens with two attached hydrogens (primary N) is 1. The van der Waals surface area contributed by atoms with Crippen molar-refractivity contribution in [1.29, 1.82) is 0 Å². The van der Waals surface area contributed by atoms with Gasteiger partial charge in [-0.15, -0.1) is 11.8 Å². The smallest absolute Gasteiger partial charge is 0.138 e. The van der Waals surface area contributed by atoms with Gasteiger partial charge in [-0.05, 0) is 24.5 Å². The van der Waals surface area contributed by atoms with E-state index in [1.807, 2.05) is 16.4 Å². The molecule has 114 valence electrons. The summed E-state index contributed by atoms with van der Waals surface area (Å²) in [5.74, 6) is 2.43. The van der Waals surface area contributed by atoms with E-state index in [4.69, 9.17) is 5.73 Å². The van der Waals surface area contributed by atoms with Gasteiger partial charge in [0.15, 0.2) is 0 Å². The molecule has 1 heterocycles. The Morgan fingerprint density at radius 2 is 2.05 bits per heavy atom. The van der Waals surface area contributed by atoms with Gasteiger partial charge in [0.05, 0.1) is 0 Å². The number of hydrogen-bond acceptors (Lipinski definition) is 4. The molecule has 4 nitrogen and oxygen atoms in total. The van der Waals surface area contributed by atoms with Crippen LogP contribution in [0.1, 0.15) is 25.2 Å². The van der Waals surface area contributed by atoms with Crippen molar-refractivity contribution < 1.29 is 0 Å². The van der Waals surface area contributed by atoms with Gasteiger partial charge in [0, 0.05) is 29.7 Å². The average Bonchev–Trinajstić information content (AvgIpc) is 2.84. The standard InChI is InChI=1S/C16H24N4S/c1-12(2)9-20-16(18-11-19-20)8-14(17)10-21-15-7-5-4-6-13(15)3/h4-7,11-12,14H,8-10,17H2,1-3H3. The Morgan fingerprint density at radius 3 is 2.76 bits per heavy atom. The van der Waals surface area contributed by atoms with E-state index in [0.717, 1.165) is 24.5 Å². The molecule has 5 heteroatoms. The van der Waals surface area contributed by atoms with Crippen molar-refractivity contribution in [1.82, 2.24) is 14.8 Å². The second kappa shape index (κ2) is 7.61. The normalized spacial score (nSPS) is 12.8. The first kappa shape index (κ1) is 16.0. The molecule has 0 saturated carbocycles. The maximum absolute atomic E-state index is 6.26. The van der Waals surface area contributed by atoms with E-state index in [1.165, 1.54) is 10.5 Å². The summed E-state index contributed by atoms with van der Waals surface area (Å²) in [6.45, 7) is 7.39. The number of hydrogen-bond donors (Lipinski definition) is 1. The molecule has 0 saturated heterocycles. The van der Waals surface area contributed by atoms with Crippen molar-refractivity contribution in [2.45, 2.75) is 44.7 Å². The van der Waals surface area contributed by atoms with Gasteiger partial charge in [0.25, 0.3) is 0 Å². The number of rotatable bonds is 7. The molecule has 1 unspecified atom stereocenters. The van der Waals surface area contributed by atoms with Gasteiger partial charge in [-0.3, -0.25) is 0 Å². The highest BCUT2D eigenvalue weighted by atomic mass is 32.2. The number of benzene rings is 1. The van der Waals surface area contributed by atoms with E-state index in [-0.39, 0.29) is 6.04 Å². The number of aryl methyl sites for hydroxylation is 1. The first-order valence-corrected chi connectivity index (χ1v) is 8.35. The van der Waals surface area contributed by atoms with Gasteiger partial charge in [-0.25, -0.2) is 9.67 Å². The van der Waals surface area contributed by atoms with Crippen LogP contribution in [0.25, 0.3) is 0 Å². The molecule has 0 fully saturated rings.